The molecule has 2 aliphatic heterocycles. The standard InChI is InChI=1S/C22H27BF2N2Si/c1-14-12-16(3)26-21(14)20(18-10-8-9-11-19(18)28(5,6)7)22-15(2)13-17(4)27(22)23(26,24)25/h8-13H,1-7H3. The van der Waals surface area contributed by atoms with Crippen molar-refractivity contribution in [2.75, 3.05) is 0 Å². The lowest BCUT2D eigenvalue weighted by Crippen LogP contribution is -2.52. The highest BCUT2D eigenvalue weighted by Crippen LogP contribution is 2.43. The van der Waals surface area contributed by atoms with E-state index in [4.69, 9.17) is 0 Å². The average molecular weight is 396 g/mol. The SMILES string of the molecule is CC1=CC(C)=[N+]2C1=C(c1ccccc1[Si](C)(C)C)c1c(C)cc(C)n1[B-]2(F)F. The molecule has 0 fully saturated rings. The number of fused-ring (bicyclic) bond motifs is 2. The van der Waals surface area contributed by atoms with E-state index in [2.05, 4.69) is 37.8 Å². The first-order chi connectivity index (χ1) is 13.0. The van der Waals surface area contributed by atoms with Crippen LogP contribution in [-0.4, -0.2) is 29.7 Å². The van der Waals surface area contributed by atoms with E-state index in [1.807, 2.05) is 32.1 Å². The molecule has 6 heteroatoms. The number of rotatable bonds is 2. The Morgan fingerprint density at radius 2 is 1.64 bits per heavy atom. The molecule has 4 rings (SSSR count). The summed E-state index contributed by atoms with van der Waals surface area (Å²) in [5.41, 5.74) is 6.41. The number of aromatic nitrogens is 1. The van der Waals surface area contributed by atoms with Crippen LogP contribution in [0.15, 0.2) is 47.7 Å². The number of benzene rings is 1. The summed E-state index contributed by atoms with van der Waals surface area (Å²) >= 11 is 0. The molecular formula is C22H27BF2N2Si. The Bertz CT molecular complexity index is 1110. The maximum atomic E-state index is 15.7. The van der Waals surface area contributed by atoms with Gasteiger partial charge in [0.25, 0.3) is 0 Å². The smallest absolute Gasteiger partial charge is 0.393 e. The predicted octanol–water partition coefficient (Wildman–Crippen LogP) is 5.08. The van der Waals surface area contributed by atoms with E-state index in [9.17, 15) is 0 Å². The van der Waals surface area contributed by atoms with Crippen molar-refractivity contribution in [1.29, 1.82) is 0 Å². The maximum Gasteiger partial charge on any atom is 0.737 e. The van der Waals surface area contributed by atoms with Gasteiger partial charge in [-0.05, 0) is 43.7 Å². The van der Waals surface area contributed by atoms with Gasteiger partial charge in [-0.3, -0.25) is 0 Å². The molecule has 0 amide bonds. The molecule has 0 radical (unpaired) electrons. The van der Waals surface area contributed by atoms with Crippen molar-refractivity contribution in [3.63, 3.8) is 0 Å². The fourth-order valence-corrected chi connectivity index (χ4v) is 6.52. The highest BCUT2D eigenvalue weighted by Gasteiger charge is 2.55. The van der Waals surface area contributed by atoms with Gasteiger partial charge in [-0.2, -0.15) is 0 Å². The van der Waals surface area contributed by atoms with E-state index in [0.717, 1.165) is 22.3 Å². The molecule has 2 aliphatic rings. The van der Waals surface area contributed by atoms with Crippen LogP contribution in [0.1, 0.15) is 36.4 Å². The highest BCUT2D eigenvalue weighted by atomic mass is 28.3. The molecule has 2 aromatic rings. The van der Waals surface area contributed by atoms with Crippen LogP contribution in [0.3, 0.4) is 0 Å². The van der Waals surface area contributed by atoms with E-state index < -0.39 is 15.0 Å². The molecule has 146 valence electrons. The minimum atomic E-state index is -3.92. The van der Waals surface area contributed by atoms with Crippen molar-refractivity contribution in [1.82, 2.24) is 4.48 Å². The third-order valence-corrected chi connectivity index (χ3v) is 7.99. The summed E-state index contributed by atoms with van der Waals surface area (Å²) in [6.45, 7) is 10.5. The number of hydrogen-bond donors (Lipinski definition) is 0. The molecule has 0 aliphatic carbocycles. The first-order valence-electron chi connectivity index (χ1n) is 9.83. The van der Waals surface area contributed by atoms with Crippen LogP contribution in [0.2, 0.25) is 19.6 Å². The number of allylic oxidation sites excluding steroid dienone is 2. The van der Waals surface area contributed by atoms with Crippen molar-refractivity contribution in [2.24, 2.45) is 0 Å². The van der Waals surface area contributed by atoms with E-state index >= 15 is 8.63 Å². The third kappa shape index (κ3) is 2.47. The third-order valence-electron chi connectivity index (χ3n) is 5.94. The van der Waals surface area contributed by atoms with Gasteiger partial charge in [0.1, 0.15) is 5.71 Å². The van der Waals surface area contributed by atoms with Crippen LogP contribution >= 0.6 is 0 Å². The lowest BCUT2D eigenvalue weighted by atomic mass is 9.84. The van der Waals surface area contributed by atoms with Crippen molar-refractivity contribution in [3.05, 3.63) is 70.2 Å². The van der Waals surface area contributed by atoms with Gasteiger partial charge in [0.15, 0.2) is 5.70 Å². The lowest BCUT2D eigenvalue weighted by molar-refractivity contribution is -0.363. The predicted molar refractivity (Wildman–Crippen MR) is 117 cm³/mol. The van der Waals surface area contributed by atoms with Crippen molar-refractivity contribution >= 4 is 31.5 Å². The van der Waals surface area contributed by atoms with Crippen LogP contribution in [0.4, 0.5) is 8.63 Å². The number of hydrogen-bond acceptors (Lipinski definition) is 0. The fraction of sp³-hybridized carbons (Fsp3) is 0.318. The minimum absolute atomic E-state index is 0.608. The van der Waals surface area contributed by atoms with Crippen LogP contribution in [0.25, 0.3) is 5.57 Å². The van der Waals surface area contributed by atoms with Gasteiger partial charge >= 0.3 is 6.97 Å². The molecule has 0 bridgehead atoms. The zero-order valence-electron chi connectivity index (χ0n) is 17.7. The van der Waals surface area contributed by atoms with Gasteiger partial charge in [-0.25, -0.2) is 0 Å². The molecule has 0 saturated carbocycles. The number of aryl methyl sites for hydroxylation is 2. The minimum Gasteiger partial charge on any atom is -0.393 e. The Hall–Kier alpha value is -2.21. The Morgan fingerprint density at radius 3 is 2.29 bits per heavy atom. The Labute approximate surface area is 167 Å². The quantitative estimate of drug-likeness (QED) is 0.626. The van der Waals surface area contributed by atoms with Crippen LogP contribution in [0, 0.1) is 13.8 Å². The number of halogens is 2. The van der Waals surface area contributed by atoms with Crippen LogP contribution in [0.5, 0.6) is 0 Å². The molecule has 0 atom stereocenters. The first-order valence-corrected chi connectivity index (χ1v) is 13.3. The van der Waals surface area contributed by atoms with E-state index in [0.29, 0.717) is 22.8 Å². The topological polar surface area (TPSA) is 7.94 Å². The van der Waals surface area contributed by atoms with Gasteiger partial charge in [0, 0.05) is 24.3 Å². The summed E-state index contributed by atoms with van der Waals surface area (Å²) in [6.07, 6.45) is 1.89. The molecule has 1 aromatic carbocycles. The summed E-state index contributed by atoms with van der Waals surface area (Å²) in [5, 5.41) is 1.30. The normalized spacial score (nSPS) is 18.4. The zero-order chi connectivity index (χ0) is 20.6. The van der Waals surface area contributed by atoms with Crippen LogP contribution < -0.4 is 5.19 Å². The molecule has 3 heterocycles. The molecule has 28 heavy (non-hydrogen) atoms. The molecule has 0 saturated heterocycles. The zero-order valence-corrected chi connectivity index (χ0v) is 18.7. The summed E-state index contributed by atoms with van der Waals surface area (Å²) in [5.74, 6) is 0. The molecule has 0 N–H and O–H groups in total. The fourth-order valence-electron chi connectivity index (χ4n) is 4.91. The summed E-state index contributed by atoms with van der Waals surface area (Å²) in [4.78, 5) is 0. The molecule has 0 unspecified atom stereocenters. The lowest BCUT2D eigenvalue weighted by Gasteiger charge is -2.35. The summed E-state index contributed by atoms with van der Waals surface area (Å²) in [7, 11) is -1.68. The monoisotopic (exact) mass is 396 g/mol. The Kier molecular flexibility index (Phi) is 4.03. The van der Waals surface area contributed by atoms with Gasteiger partial charge in [0.05, 0.1) is 13.6 Å². The first kappa shape index (κ1) is 19.1. The number of nitrogens with zero attached hydrogens (tertiary/aromatic N) is 2. The van der Waals surface area contributed by atoms with E-state index in [1.54, 1.807) is 13.8 Å². The largest absolute Gasteiger partial charge is 0.737 e. The Balaban J connectivity index is 2.21. The van der Waals surface area contributed by atoms with Crippen molar-refractivity contribution in [2.45, 2.75) is 47.3 Å². The highest BCUT2D eigenvalue weighted by molar-refractivity contribution is 6.89. The average Bonchev–Trinajstić information content (AvgIpc) is 3.04. The van der Waals surface area contributed by atoms with Gasteiger partial charge in [0.2, 0.25) is 0 Å². The van der Waals surface area contributed by atoms with Gasteiger partial charge in [-0.15, -0.1) is 0 Å². The second-order valence-corrected chi connectivity index (χ2v) is 14.2. The van der Waals surface area contributed by atoms with Crippen molar-refractivity contribution in [3.8, 4) is 0 Å². The second-order valence-electron chi connectivity index (χ2n) is 9.13. The maximum absolute atomic E-state index is 15.7. The van der Waals surface area contributed by atoms with Gasteiger partial charge in [-0.1, -0.05) is 49.1 Å². The van der Waals surface area contributed by atoms with Crippen LogP contribution in [-0.2, 0) is 0 Å². The van der Waals surface area contributed by atoms with E-state index in [-0.39, 0.29) is 0 Å². The molecule has 0 spiro atoms. The second kappa shape index (κ2) is 5.89. The molecule has 2 nitrogen and oxygen atoms in total. The van der Waals surface area contributed by atoms with E-state index in [1.165, 1.54) is 14.2 Å². The molecule has 1 aromatic heterocycles. The summed E-state index contributed by atoms with van der Waals surface area (Å²) in [6, 6.07) is 10.3. The molecular weight excluding hydrogens is 369 g/mol. The summed E-state index contributed by atoms with van der Waals surface area (Å²) < 4.78 is 34.1. The Morgan fingerprint density at radius 1 is 1.00 bits per heavy atom. The van der Waals surface area contributed by atoms with Crippen molar-refractivity contribution < 1.29 is 13.1 Å². The van der Waals surface area contributed by atoms with Gasteiger partial charge < -0.3 is 17.6 Å².